The first-order valence-corrected chi connectivity index (χ1v) is 6.50. The van der Waals surface area contributed by atoms with E-state index in [1.807, 2.05) is 48.8 Å². The van der Waals surface area contributed by atoms with E-state index in [1.165, 1.54) is 0 Å². The van der Waals surface area contributed by atoms with Gasteiger partial charge in [0.05, 0.1) is 5.39 Å². The Balaban J connectivity index is 2.07. The highest BCUT2D eigenvalue weighted by Crippen LogP contribution is 2.28. The molecule has 0 aliphatic carbocycles. The maximum Gasteiger partial charge on any atom is 0.225 e. The van der Waals surface area contributed by atoms with Gasteiger partial charge in [-0.15, -0.1) is 11.3 Å². The lowest BCUT2D eigenvalue weighted by molar-refractivity contribution is 1.20. The Morgan fingerprint density at radius 1 is 1.06 bits per heavy atom. The summed E-state index contributed by atoms with van der Waals surface area (Å²) in [5, 5.41) is 9.37. The predicted molar refractivity (Wildman–Crippen MR) is 76.7 cm³/mol. The highest BCUT2D eigenvalue weighted by Gasteiger charge is 2.08. The summed E-state index contributed by atoms with van der Waals surface area (Å²) in [4.78, 5) is 9.85. The minimum Gasteiger partial charge on any atom is -0.357 e. The van der Waals surface area contributed by atoms with Crippen molar-refractivity contribution >= 4 is 39.0 Å². The van der Waals surface area contributed by atoms with Crippen LogP contribution in [0.2, 0.25) is 0 Å². The number of nitrogens with one attached hydrogen (secondary N) is 2. The fourth-order valence-electron chi connectivity index (χ4n) is 1.72. The summed E-state index contributed by atoms with van der Waals surface area (Å²) < 4.78 is 0. The van der Waals surface area contributed by atoms with Crippen LogP contribution >= 0.6 is 11.3 Å². The molecule has 0 unspecified atom stereocenters. The number of aromatic nitrogens is 2. The first-order chi connectivity index (χ1) is 8.86. The predicted octanol–water partition coefficient (Wildman–Crippen LogP) is 3.48. The summed E-state index contributed by atoms with van der Waals surface area (Å²) in [7, 11) is 1.82. The molecule has 0 fully saturated rings. The molecule has 0 bridgehead atoms. The molecule has 5 heteroatoms. The molecule has 0 saturated carbocycles. The number of benzene rings is 1. The Hall–Kier alpha value is -2.14. The van der Waals surface area contributed by atoms with Crippen LogP contribution in [0, 0.1) is 0 Å². The van der Waals surface area contributed by atoms with E-state index in [-0.39, 0.29) is 0 Å². The van der Waals surface area contributed by atoms with Crippen LogP contribution in [0.4, 0.5) is 17.5 Å². The molecule has 3 rings (SSSR count). The van der Waals surface area contributed by atoms with Gasteiger partial charge in [0.25, 0.3) is 0 Å². The number of rotatable bonds is 3. The Morgan fingerprint density at radius 3 is 2.67 bits per heavy atom. The fraction of sp³-hybridized carbons (Fsp3) is 0.0769. The summed E-state index contributed by atoms with van der Waals surface area (Å²) in [5.74, 6) is 1.46. The van der Waals surface area contributed by atoms with Crippen LogP contribution in [0.15, 0.2) is 41.8 Å². The average molecular weight is 256 g/mol. The zero-order valence-electron chi connectivity index (χ0n) is 9.84. The molecule has 0 aliphatic heterocycles. The van der Waals surface area contributed by atoms with Crippen molar-refractivity contribution < 1.29 is 0 Å². The molecular weight excluding hydrogens is 244 g/mol. The van der Waals surface area contributed by atoms with Gasteiger partial charge in [-0.3, -0.25) is 0 Å². The zero-order chi connectivity index (χ0) is 12.4. The minimum absolute atomic E-state index is 0.628. The van der Waals surface area contributed by atoms with Gasteiger partial charge in [-0.25, -0.2) is 4.98 Å². The van der Waals surface area contributed by atoms with E-state index in [0.29, 0.717) is 5.95 Å². The molecule has 1 aromatic carbocycles. The van der Waals surface area contributed by atoms with E-state index in [2.05, 4.69) is 20.6 Å². The second-order valence-electron chi connectivity index (χ2n) is 3.78. The SMILES string of the molecule is CNc1nc(Nc2ccccc2)c2ccsc2n1. The van der Waals surface area contributed by atoms with Crippen molar-refractivity contribution in [3.8, 4) is 0 Å². The van der Waals surface area contributed by atoms with Gasteiger partial charge in [0.15, 0.2) is 0 Å². The molecule has 2 heterocycles. The molecule has 2 N–H and O–H groups in total. The molecular formula is C13H12N4S. The molecule has 0 saturated heterocycles. The third-order valence-corrected chi connectivity index (χ3v) is 3.39. The monoisotopic (exact) mass is 256 g/mol. The number of hydrogen-bond acceptors (Lipinski definition) is 5. The van der Waals surface area contributed by atoms with Crippen LogP contribution in [0.25, 0.3) is 10.2 Å². The summed E-state index contributed by atoms with van der Waals surface area (Å²) in [6, 6.07) is 12.0. The smallest absolute Gasteiger partial charge is 0.225 e. The lowest BCUT2D eigenvalue weighted by Gasteiger charge is -2.08. The Bertz CT molecular complexity index is 663. The molecule has 2 aromatic heterocycles. The molecule has 0 aliphatic rings. The number of hydrogen-bond donors (Lipinski definition) is 2. The molecule has 4 nitrogen and oxygen atoms in total. The van der Waals surface area contributed by atoms with E-state index in [0.717, 1.165) is 21.7 Å². The molecule has 18 heavy (non-hydrogen) atoms. The van der Waals surface area contributed by atoms with Gasteiger partial charge < -0.3 is 10.6 Å². The number of para-hydroxylation sites is 1. The largest absolute Gasteiger partial charge is 0.357 e. The maximum atomic E-state index is 4.46. The number of fused-ring (bicyclic) bond motifs is 1. The van der Waals surface area contributed by atoms with Gasteiger partial charge in [-0.1, -0.05) is 18.2 Å². The Kier molecular flexibility index (Phi) is 2.82. The van der Waals surface area contributed by atoms with Gasteiger partial charge in [-0.05, 0) is 23.6 Å². The normalized spacial score (nSPS) is 10.5. The number of thiophene rings is 1. The lowest BCUT2D eigenvalue weighted by Crippen LogP contribution is -2.00. The summed E-state index contributed by atoms with van der Waals surface area (Å²) in [6.45, 7) is 0. The summed E-state index contributed by atoms with van der Waals surface area (Å²) >= 11 is 1.61. The topological polar surface area (TPSA) is 49.8 Å². The Labute approximate surface area is 109 Å². The van der Waals surface area contributed by atoms with Crippen molar-refractivity contribution in [2.45, 2.75) is 0 Å². The summed E-state index contributed by atoms with van der Waals surface area (Å²) in [6.07, 6.45) is 0. The van der Waals surface area contributed by atoms with Gasteiger partial charge in [0.1, 0.15) is 10.6 Å². The van der Waals surface area contributed by atoms with E-state index >= 15 is 0 Å². The van der Waals surface area contributed by atoms with Crippen LogP contribution in [0.5, 0.6) is 0 Å². The van der Waals surface area contributed by atoms with Crippen LogP contribution in [-0.2, 0) is 0 Å². The fourth-order valence-corrected chi connectivity index (χ4v) is 2.48. The minimum atomic E-state index is 0.628. The van der Waals surface area contributed by atoms with Crippen molar-refractivity contribution in [1.29, 1.82) is 0 Å². The van der Waals surface area contributed by atoms with Crippen LogP contribution in [0.1, 0.15) is 0 Å². The Morgan fingerprint density at radius 2 is 1.89 bits per heavy atom. The molecule has 0 amide bonds. The quantitative estimate of drug-likeness (QED) is 0.753. The van der Waals surface area contributed by atoms with Crippen molar-refractivity contribution in [2.24, 2.45) is 0 Å². The molecule has 0 radical (unpaired) electrons. The first-order valence-electron chi connectivity index (χ1n) is 5.62. The average Bonchev–Trinajstić information content (AvgIpc) is 2.88. The highest BCUT2D eigenvalue weighted by molar-refractivity contribution is 7.16. The van der Waals surface area contributed by atoms with E-state index in [1.54, 1.807) is 11.3 Å². The molecule has 3 aromatic rings. The highest BCUT2D eigenvalue weighted by atomic mass is 32.1. The van der Waals surface area contributed by atoms with E-state index in [4.69, 9.17) is 0 Å². The molecule has 0 spiro atoms. The number of anilines is 3. The van der Waals surface area contributed by atoms with Gasteiger partial charge >= 0.3 is 0 Å². The van der Waals surface area contributed by atoms with Gasteiger partial charge in [0, 0.05) is 12.7 Å². The van der Waals surface area contributed by atoms with Gasteiger partial charge in [0.2, 0.25) is 5.95 Å². The maximum absolute atomic E-state index is 4.46. The van der Waals surface area contributed by atoms with Crippen LogP contribution in [0.3, 0.4) is 0 Å². The third kappa shape index (κ3) is 2.00. The van der Waals surface area contributed by atoms with Crippen molar-refractivity contribution in [2.75, 3.05) is 17.7 Å². The van der Waals surface area contributed by atoms with Crippen molar-refractivity contribution in [3.63, 3.8) is 0 Å². The first kappa shape index (κ1) is 11.0. The summed E-state index contributed by atoms with van der Waals surface area (Å²) in [5.41, 5.74) is 1.02. The second kappa shape index (κ2) is 4.62. The lowest BCUT2D eigenvalue weighted by atomic mass is 10.3. The molecule has 0 atom stereocenters. The second-order valence-corrected chi connectivity index (χ2v) is 4.67. The third-order valence-electron chi connectivity index (χ3n) is 2.59. The van der Waals surface area contributed by atoms with Crippen molar-refractivity contribution in [3.05, 3.63) is 41.8 Å². The standard InChI is InChI=1S/C13H12N4S/c1-14-13-16-11(10-7-8-18-12(10)17-13)15-9-5-3-2-4-6-9/h2-8H,1H3,(H2,14,15,16,17). The van der Waals surface area contributed by atoms with Gasteiger partial charge in [-0.2, -0.15) is 4.98 Å². The van der Waals surface area contributed by atoms with Crippen LogP contribution in [-0.4, -0.2) is 17.0 Å². The van der Waals surface area contributed by atoms with Crippen molar-refractivity contribution in [1.82, 2.24) is 9.97 Å². The zero-order valence-corrected chi connectivity index (χ0v) is 10.7. The van der Waals surface area contributed by atoms with E-state index in [9.17, 15) is 0 Å². The molecule has 90 valence electrons. The van der Waals surface area contributed by atoms with E-state index < -0.39 is 0 Å². The van der Waals surface area contributed by atoms with Crippen LogP contribution < -0.4 is 10.6 Å². The number of nitrogens with zero attached hydrogens (tertiary/aromatic N) is 2.